The van der Waals surface area contributed by atoms with Crippen LogP contribution in [0.15, 0.2) is 42.7 Å². The molecule has 0 unspecified atom stereocenters. The van der Waals surface area contributed by atoms with Crippen molar-refractivity contribution in [2.75, 3.05) is 11.9 Å². The van der Waals surface area contributed by atoms with E-state index in [4.69, 9.17) is 21.5 Å². The Hall–Kier alpha value is -2.97. The summed E-state index contributed by atoms with van der Waals surface area (Å²) in [7, 11) is 0. The number of aromatic nitrogens is 2. The number of fused-ring (bicyclic) bond motifs is 1. The van der Waals surface area contributed by atoms with Gasteiger partial charge in [-0.25, -0.2) is 19.8 Å². The molecule has 0 saturated heterocycles. The number of hydroxylamine groups is 1. The van der Waals surface area contributed by atoms with Crippen molar-refractivity contribution in [3.63, 3.8) is 0 Å². The number of benzene rings is 2. The Morgan fingerprint density at radius 1 is 1.24 bits per heavy atom. The molecule has 1 heterocycles. The third-order valence-electron chi connectivity index (χ3n) is 3.28. The third kappa shape index (κ3) is 3.93. The largest absolute Gasteiger partial charge is 0.484 e. The van der Waals surface area contributed by atoms with E-state index in [1.54, 1.807) is 18.2 Å². The highest BCUT2D eigenvalue weighted by Crippen LogP contribution is 2.28. The zero-order valence-electron chi connectivity index (χ0n) is 12.7. The fourth-order valence-electron chi connectivity index (χ4n) is 2.12. The van der Waals surface area contributed by atoms with Gasteiger partial charge in [-0.2, -0.15) is 0 Å². The van der Waals surface area contributed by atoms with Crippen molar-refractivity contribution in [2.24, 2.45) is 0 Å². The Morgan fingerprint density at radius 2 is 2.08 bits per heavy atom. The summed E-state index contributed by atoms with van der Waals surface area (Å²) in [5, 5.41) is 12.1. The lowest BCUT2D eigenvalue weighted by atomic mass is 10.2. The first-order valence-electron chi connectivity index (χ1n) is 7.09. The molecule has 0 aliphatic carbocycles. The van der Waals surface area contributed by atoms with Crippen molar-refractivity contribution in [2.45, 2.75) is 0 Å². The lowest BCUT2D eigenvalue weighted by molar-refractivity contribution is -0.131. The van der Waals surface area contributed by atoms with Crippen molar-refractivity contribution in [3.8, 4) is 5.75 Å². The Balaban J connectivity index is 1.91. The number of rotatable bonds is 5. The van der Waals surface area contributed by atoms with E-state index in [2.05, 4.69) is 15.3 Å². The molecule has 25 heavy (non-hydrogen) atoms. The van der Waals surface area contributed by atoms with Crippen molar-refractivity contribution in [1.29, 1.82) is 0 Å². The molecular weight excluding hydrogens is 351 g/mol. The second-order valence-corrected chi connectivity index (χ2v) is 5.39. The van der Waals surface area contributed by atoms with Crippen LogP contribution in [0, 0.1) is 5.82 Å². The second kappa shape index (κ2) is 7.29. The van der Waals surface area contributed by atoms with Crippen LogP contribution in [-0.2, 0) is 4.79 Å². The molecule has 3 N–H and O–H groups in total. The Bertz CT molecular complexity index is 938. The van der Waals surface area contributed by atoms with Gasteiger partial charge in [-0.3, -0.25) is 10.0 Å². The molecule has 9 heteroatoms. The fraction of sp³-hybridized carbons (Fsp3) is 0.0625. The van der Waals surface area contributed by atoms with Crippen LogP contribution in [0.5, 0.6) is 5.75 Å². The highest BCUT2D eigenvalue weighted by atomic mass is 35.5. The topological polar surface area (TPSA) is 96.4 Å². The first-order chi connectivity index (χ1) is 12.1. The van der Waals surface area contributed by atoms with Gasteiger partial charge < -0.3 is 10.1 Å². The van der Waals surface area contributed by atoms with Gasteiger partial charge in [0.25, 0.3) is 5.91 Å². The number of carbonyl (C=O) groups is 1. The normalized spacial score (nSPS) is 10.5. The Kier molecular flexibility index (Phi) is 4.92. The highest BCUT2D eigenvalue weighted by Gasteiger charge is 2.08. The molecule has 3 rings (SSSR count). The van der Waals surface area contributed by atoms with E-state index < -0.39 is 11.7 Å². The number of nitrogens with one attached hydrogen (secondary N) is 2. The zero-order chi connectivity index (χ0) is 17.8. The molecule has 0 radical (unpaired) electrons. The number of ether oxygens (including phenoxy) is 1. The van der Waals surface area contributed by atoms with Crippen LogP contribution in [0.25, 0.3) is 10.9 Å². The average Bonchev–Trinajstić information content (AvgIpc) is 2.63. The second-order valence-electron chi connectivity index (χ2n) is 4.98. The van der Waals surface area contributed by atoms with Crippen LogP contribution in [0.3, 0.4) is 0 Å². The molecule has 0 aliphatic rings. The summed E-state index contributed by atoms with van der Waals surface area (Å²) in [4.78, 5) is 19.4. The molecule has 0 bridgehead atoms. The lowest BCUT2D eigenvalue weighted by Gasteiger charge is -2.10. The zero-order valence-corrected chi connectivity index (χ0v) is 13.4. The van der Waals surface area contributed by atoms with Crippen LogP contribution in [0.2, 0.25) is 5.02 Å². The summed E-state index contributed by atoms with van der Waals surface area (Å²) in [6, 6.07) is 9.20. The number of hydrogen-bond donors (Lipinski definition) is 3. The van der Waals surface area contributed by atoms with Gasteiger partial charge in [-0.15, -0.1) is 0 Å². The van der Waals surface area contributed by atoms with Gasteiger partial charge in [0, 0.05) is 11.1 Å². The van der Waals surface area contributed by atoms with E-state index in [0.29, 0.717) is 28.2 Å². The summed E-state index contributed by atoms with van der Waals surface area (Å²) >= 11 is 5.78. The molecule has 3 aromatic rings. The number of amides is 1. The van der Waals surface area contributed by atoms with Crippen LogP contribution in [0.1, 0.15) is 0 Å². The highest BCUT2D eigenvalue weighted by molar-refractivity contribution is 6.31. The van der Waals surface area contributed by atoms with Crippen molar-refractivity contribution in [1.82, 2.24) is 15.4 Å². The standard InChI is InChI=1S/C16H12ClFN4O3/c17-12-5-9(1-3-13(12)18)21-16-11-6-10(25-7-15(23)22-24)2-4-14(11)19-8-20-16/h1-6,8,24H,7H2,(H,22,23)(H,19,20,21). The minimum Gasteiger partial charge on any atom is -0.484 e. The molecule has 0 saturated carbocycles. The molecule has 0 aliphatic heterocycles. The van der Waals surface area contributed by atoms with Gasteiger partial charge in [0.05, 0.1) is 10.5 Å². The molecule has 0 fully saturated rings. The SMILES string of the molecule is O=C(COc1ccc2ncnc(Nc3ccc(F)c(Cl)c3)c2c1)NO. The monoisotopic (exact) mass is 362 g/mol. The van der Waals surface area contributed by atoms with Crippen molar-refractivity contribution < 1.29 is 19.1 Å². The summed E-state index contributed by atoms with van der Waals surface area (Å²) in [5.74, 6) is -0.336. The lowest BCUT2D eigenvalue weighted by Crippen LogP contribution is -2.25. The van der Waals surface area contributed by atoms with Gasteiger partial charge >= 0.3 is 0 Å². The number of anilines is 2. The van der Waals surface area contributed by atoms with E-state index in [1.165, 1.54) is 30.0 Å². The van der Waals surface area contributed by atoms with Crippen molar-refractivity contribution in [3.05, 3.63) is 53.6 Å². The maximum absolute atomic E-state index is 13.3. The van der Waals surface area contributed by atoms with E-state index in [-0.39, 0.29) is 11.6 Å². The van der Waals surface area contributed by atoms with Crippen LogP contribution < -0.4 is 15.5 Å². The van der Waals surface area contributed by atoms with Gasteiger partial charge in [0.15, 0.2) is 6.61 Å². The molecule has 1 aromatic heterocycles. The Morgan fingerprint density at radius 3 is 2.84 bits per heavy atom. The van der Waals surface area contributed by atoms with E-state index in [0.717, 1.165) is 0 Å². The third-order valence-corrected chi connectivity index (χ3v) is 3.57. The minimum atomic E-state index is -0.677. The van der Waals surface area contributed by atoms with Gasteiger partial charge in [-0.05, 0) is 36.4 Å². The van der Waals surface area contributed by atoms with Gasteiger partial charge in [0.2, 0.25) is 0 Å². The maximum Gasteiger partial charge on any atom is 0.281 e. The molecule has 7 nitrogen and oxygen atoms in total. The first-order valence-corrected chi connectivity index (χ1v) is 7.47. The summed E-state index contributed by atoms with van der Waals surface area (Å²) in [6.45, 7) is -0.341. The summed E-state index contributed by atoms with van der Waals surface area (Å²) in [6.07, 6.45) is 1.38. The predicted molar refractivity (Wildman–Crippen MR) is 89.7 cm³/mol. The quantitative estimate of drug-likeness (QED) is 0.477. The molecule has 0 atom stereocenters. The number of halogens is 2. The smallest absolute Gasteiger partial charge is 0.281 e. The number of nitrogens with zero attached hydrogens (tertiary/aromatic N) is 2. The maximum atomic E-state index is 13.3. The summed E-state index contributed by atoms with van der Waals surface area (Å²) in [5.41, 5.74) is 2.68. The fourth-order valence-corrected chi connectivity index (χ4v) is 2.30. The van der Waals surface area contributed by atoms with Crippen LogP contribution >= 0.6 is 11.6 Å². The predicted octanol–water partition coefficient (Wildman–Crippen LogP) is 3.05. The van der Waals surface area contributed by atoms with Crippen molar-refractivity contribution >= 4 is 39.9 Å². The Labute approximate surface area is 146 Å². The molecule has 128 valence electrons. The number of hydrogen-bond acceptors (Lipinski definition) is 6. The summed E-state index contributed by atoms with van der Waals surface area (Å²) < 4.78 is 18.6. The minimum absolute atomic E-state index is 0.0117. The van der Waals surface area contributed by atoms with Crippen LogP contribution in [-0.4, -0.2) is 27.7 Å². The van der Waals surface area contributed by atoms with Gasteiger partial charge in [0.1, 0.15) is 23.7 Å². The molecule has 0 spiro atoms. The molecule has 1 amide bonds. The van der Waals surface area contributed by atoms with E-state index in [9.17, 15) is 9.18 Å². The van der Waals surface area contributed by atoms with E-state index >= 15 is 0 Å². The van der Waals surface area contributed by atoms with E-state index in [1.807, 2.05) is 0 Å². The molecule has 2 aromatic carbocycles. The van der Waals surface area contributed by atoms with Gasteiger partial charge in [-0.1, -0.05) is 11.6 Å². The molecular formula is C16H12ClFN4O3. The van der Waals surface area contributed by atoms with Crippen LogP contribution in [0.4, 0.5) is 15.9 Å². The number of carbonyl (C=O) groups excluding carboxylic acids is 1. The first kappa shape index (κ1) is 16.9. The average molecular weight is 363 g/mol.